The van der Waals surface area contributed by atoms with Crippen molar-refractivity contribution in [1.82, 2.24) is 4.90 Å². The molecule has 0 spiro atoms. The lowest BCUT2D eigenvalue weighted by Gasteiger charge is -2.42. The van der Waals surface area contributed by atoms with Crippen molar-refractivity contribution in [3.8, 4) is 0 Å². The lowest BCUT2D eigenvalue weighted by molar-refractivity contribution is 0.0971. The maximum atomic E-state index is 13.3. The molecule has 6 aliphatic rings. The molecular formula is C38H46N6O. The zero-order valence-corrected chi connectivity index (χ0v) is 26.5. The molecule has 7 nitrogen and oxygen atoms in total. The van der Waals surface area contributed by atoms with Gasteiger partial charge in [-0.25, -0.2) is 0 Å². The summed E-state index contributed by atoms with van der Waals surface area (Å²) < 4.78 is 34.5. The molecule has 0 bridgehead atoms. The Labute approximate surface area is 273 Å². The summed E-state index contributed by atoms with van der Waals surface area (Å²) in [4.78, 5) is 26.5. The molecule has 2 fully saturated rings. The van der Waals surface area contributed by atoms with Crippen molar-refractivity contribution in [2.75, 3.05) is 97.4 Å². The fourth-order valence-electron chi connectivity index (χ4n) is 9.33. The van der Waals surface area contributed by atoms with Crippen molar-refractivity contribution >= 4 is 34.2 Å². The van der Waals surface area contributed by atoms with E-state index in [2.05, 4.69) is 68.1 Å². The van der Waals surface area contributed by atoms with Crippen LogP contribution in [-0.4, -0.2) is 95.7 Å². The van der Waals surface area contributed by atoms with E-state index in [0.717, 1.165) is 74.6 Å². The van der Waals surface area contributed by atoms with Gasteiger partial charge in [0.1, 0.15) is 0 Å². The molecule has 0 amide bonds. The molecule has 2 saturated heterocycles. The second kappa shape index (κ2) is 10.7. The summed E-state index contributed by atoms with van der Waals surface area (Å²) in [6, 6.07) is 21.6. The first-order valence-corrected chi connectivity index (χ1v) is 16.9. The van der Waals surface area contributed by atoms with E-state index in [1.165, 1.54) is 22.5 Å². The highest BCUT2D eigenvalue weighted by Gasteiger charge is 2.46. The number of carbonyl (C=O) groups excluding carboxylic acids is 1. The van der Waals surface area contributed by atoms with Crippen molar-refractivity contribution in [2.24, 2.45) is 0 Å². The Morgan fingerprint density at radius 2 is 1.36 bits per heavy atom. The lowest BCUT2D eigenvalue weighted by atomic mass is 9.88. The number of hydrogen-bond donors (Lipinski definition) is 0. The minimum atomic E-state index is -1.39. The molecule has 6 aliphatic heterocycles. The van der Waals surface area contributed by atoms with Crippen LogP contribution in [0.2, 0.25) is 0 Å². The molecule has 0 aromatic heterocycles. The Morgan fingerprint density at radius 1 is 0.756 bits per heavy atom. The van der Waals surface area contributed by atoms with Gasteiger partial charge in [0.2, 0.25) is 0 Å². The Hall–Kier alpha value is -3.71. The van der Waals surface area contributed by atoms with Gasteiger partial charge in [0.15, 0.2) is 5.78 Å². The van der Waals surface area contributed by atoms with Crippen molar-refractivity contribution in [3.05, 3.63) is 77.4 Å². The van der Waals surface area contributed by atoms with Gasteiger partial charge in [-0.2, -0.15) is 0 Å². The van der Waals surface area contributed by atoms with Gasteiger partial charge in [-0.1, -0.05) is 24.3 Å². The van der Waals surface area contributed by atoms with Gasteiger partial charge in [-0.05, 0) is 73.3 Å². The fraction of sp³-hybridized carbons (Fsp3) is 0.500. The van der Waals surface area contributed by atoms with Crippen molar-refractivity contribution < 1.29 is 10.3 Å². The highest BCUT2D eigenvalue weighted by molar-refractivity contribution is 5.96. The monoisotopic (exact) mass is 606 g/mol. The number of benzene rings is 3. The van der Waals surface area contributed by atoms with Gasteiger partial charge in [-0.15, -0.1) is 0 Å². The number of likely N-dealkylation sites (N-methyl/N-ethyl adjacent to an activating group) is 2. The number of nitrogens with zero attached hydrogens (tertiary/aromatic N) is 6. The smallest absolute Gasteiger partial charge is 0.162 e. The molecule has 234 valence electrons. The maximum absolute atomic E-state index is 13.3. The molecule has 0 N–H and O–H groups in total. The van der Waals surface area contributed by atoms with Crippen LogP contribution in [0, 0.1) is 0 Å². The summed E-state index contributed by atoms with van der Waals surface area (Å²) in [5.74, 6) is 0.903. The standard InChI is InChI=1S/C38H46N6O/c1-39-20-22-43-32-15-18-41(24-30(32)28-6-3-8-34(39)37(28)43)17-5-10-36(45)26-11-13-27(14-12-26)42-19-16-33-31(25-42)29-7-4-9-35-38(29)44(33)23-21-40(35)2/h3-4,6-9,11-14,30-33H,5,10,15-25H2,1-2H3/t30-,31-,32-,33-/m0/s1/i20D2,21D2. The molecule has 0 saturated carbocycles. The summed E-state index contributed by atoms with van der Waals surface area (Å²) in [6.07, 6.45) is 3.36. The fourth-order valence-corrected chi connectivity index (χ4v) is 9.33. The number of carbonyl (C=O) groups is 1. The molecule has 0 aliphatic carbocycles. The van der Waals surface area contributed by atoms with E-state index < -0.39 is 13.0 Å². The van der Waals surface area contributed by atoms with Crippen LogP contribution in [0.1, 0.15) is 64.5 Å². The largest absolute Gasteiger partial charge is 0.371 e. The highest BCUT2D eigenvalue weighted by Crippen LogP contribution is 2.52. The summed E-state index contributed by atoms with van der Waals surface area (Å²) in [5.41, 5.74) is 9.04. The normalized spacial score (nSPS) is 30.0. The number of para-hydroxylation sites is 2. The molecule has 3 aromatic carbocycles. The molecule has 9 rings (SSSR count). The van der Waals surface area contributed by atoms with Crippen LogP contribution in [-0.2, 0) is 0 Å². The number of rotatable bonds is 6. The van der Waals surface area contributed by atoms with Crippen LogP contribution in [0.5, 0.6) is 0 Å². The first-order valence-electron chi connectivity index (χ1n) is 18.9. The summed E-state index contributed by atoms with van der Waals surface area (Å²) >= 11 is 0. The zero-order valence-electron chi connectivity index (χ0n) is 30.5. The van der Waals surface area contributed by atoms with Gasteiger partial charge >= 0.3 is 0 Å². The molecular weight excluding hydrogens is 556 g/mol. The first kappa shape index (κ1) is 23.6. The molecule has 7 heteroatoms. The molecule has 6 heterocycles. The van der Waals surface area contributed by atoms with Gasteiger partial charge in [0.05, 0.1) is 28.2 Å². The van der Waals surface area contributed by atoms with E-state index >= 15 is 0 Å². The number of piperidine rings is 2. The quantitative estimate of drug-likeness (QED) is 0.348. The summed E-state index contributed by atoms with van der Waals surface area (Å²) in [5, 5.41) is 0. The molecule has 45 heavy (non-hydrogen) atoms. The Balaban J connectivity index is 0.813. The summed E-state index contributed by atoms with van der Waals surface area (Å²) in [7, 11) is 3.74. The topological polar surface area (TPSA) is 36.5 Å². The number of Topliss-reactive ketones (excluding diaryl/α,β-unsaturated/α-hetero) is 1. The van der Waals surface area contributed by atoms with Gasteiger partial charge in [-0.3, -0.25) is 4.79 Å². The minimum absolute atomic E-state index is 0.197. The van der Waals surface area contributed by atoms with E-state index in [4.69, 9.17) is 5.48 Å². The van der Waals surface area contributed by atoms with Crippen molar-refractivity contribution in [1.29, 1.82) is 0 Å². The number of hydrogen-bond acceptors (Lipinski definition) is 7. The van der Waals surface area contributed by atoms with Crippen LogP contribution >= 0.6 is 0 Å². The maximum Gasteiger partial charge on any atom is 0.162 e. The van der Waals surface area contributed by atoms with Crippen molar-refractivity contribution in [3.63, 3.8) is 0 Å². The number of ketones is 1. The third-order valence-corrected chi connectivity index (χ3v) is 11.6. The molecule has 0 radical (unpaired) electrons. The Bertz CT molecular complexity index is 1800. The Kier molecular flexibility index (Phi) is 5.60. The third-order valence-electron chi connectivity index (χ3n) is 11.6. The van der Waals surface area contributed by atoms with E-state index in [0.29, 0.717) is 43.4 Å². The highest BCUT2D eigenvalue weighted by atomic mass is 16.1. The average Bonchev–Trinajstić information content (AvgIpc) is 3.58. The minimum Gasteiger partial charge on any atom is -0.371 e. The van der Waals surface area contributed by atoms with Crippen LogP contribution in [0.25, 0.3) is 0 Å². The average molecular weight is 607 g/mol. The predicted molar refractivity (Wildman–Crippen MR) is 185 cm³/mol. The Morgan fingerprint density at radius 3 is 2.00 bits per heavy atom. The van der Waals surface area contributed by atoms with E-state index in [1.54, 1.807) is 9.80 Å². The van der Waals surface area contributed by atoms with Gasteiger partial charge in [0.25, 0.3) is 0 Å². The van der Waals surface area contributed by atoms with Crippen molar-refractivity contribution in [2.45, 2.75) is 49.6 Å². The first-order chi connectivity index (χ1) is 23.5. The predicted octanol–water partition coefficient (Wildman–Crippen LogP) is 5.41. The zero-order chi connectivity index (χ0) is 33.8. The van der Waals surface area contributed by atoms with Crippen LogP contribution in [0.15, 0.2) is 60.7 Å². The van der Waals surface area contributed by atoms with Crippen LogP contribution < -0.4 is 24.5 Å². The van der Waals surface area contributed by atoms with Gasteiger partial charge in [0, 0.05) is 108 Å². The van der Waals surface area contributed by atoms with E-state index in [9.17, 15) is 4.79 Å². The van der Waals surface area contributed by atoms with Crippen LogP contribution in [0.4, 0.5) is 28.4 Å². The molecule has 3 aromatic rings. The van der Waals surface area contributed by atoms with Gasteiger partial charge < -0.3 is 29.4 Å². The number of anilines is 5. The second-order valence-corrected chi connectivity index (χ2v) is 13.9. The third kappa shape index (κ3) is 4.37. The lowest BCUT2D eigenvalue weighted by Crippen LogP contribution is -2.49. The van der Waals surface area contributed by atoms with E-state index in [1.807, 2.05) is 26.2 Å². The van der Waals surface area contributed by atoms with Crippen LogP contribution in [0.3, 0.4) is 0 Å². The summed E-state index contributed by atoms with van der Waals surface area (Å²) in [6.45, 7) is 2.67. The SMILES string of the molecule is [2H]C1([2H])CN2c3c(cccc3N1C)[C@@H]1CN(CCCC(=O)c3ccc(N4CC[C@H]5[C@@H](C4)c4cccc6c4N5CC([2H])([2H])N6C)cc3)CC[C@@H]12. The second-order valence-electron chi connectivity index (χ2n) is 13.9. The number of fused-ring (bicyclic) bond motifs is 6. The van der Waals surface area contributed by atoms with E-state index in [-0.39, 0.29) is 5.78 Å². The number of likely N-dealkylation sites (tertiary alicyclic amines) is 1. The molecule has 0 unspecified atom stereocenters. The molecule has 4 atom stereocenters.